The molecule has 1 aromatic rings. The molecule has 1 amide bonds. The van der Waals surface area contributed by atoms with Gasteiger partial charge in [0.15, 0.2) is 0 Å². The van der Waals surface area contributed by atoms with E-state index >= 15 is 0 Å². The van der Waals surface area contributed by atoms with Crippen LogP contribution >= 0.6 is 0 Å². The van der Waals surface area contributed by atoms with Gasteiger partial charge in [-0.1, -0.05) is 30.3 Å². The molecule has 1 rings (SSSR count). The standard InChI is InChI=1S/C15H21NO3/c1-15(2,3)16-13(17)10-9-12(14(18)19)11-7-5-4-6-8-11/h4-8,12H,9-10H2,1-3H3,(H,16,17)(H,18,19). The number of carboxylic acids is 1. The fourth-order valence-corrected chi connectivity index (χ4v) is 1.87. The second-order valence-electron chi connectivity index (χ2n) is 5.64. The normalized spacial score (nSPS) is 12.8. The number of hydrogen-bond acceptors (Lipinski definition) is 2. The summed E-state index contributed by atoms with van der Waals surface area (Å²) in [5.74, 6) is -1.64. The molecule has 2 N–H and O–H groups in total. The van der Waals surface area contributed by atoms with Crippen LogP contribution in [0.15, 0.2) is 30.3 Å². The Balaban J connectivity index is 2.62. The van der Waals surface area contributed by atoms with E-state index in [1.807, 2.05) is 26.8 Å². The molecule has 4 nitrogen and oxygen atoms in total. The Labute approximate surface area is 113 Å². The van der Waals surface area contributed by atoms with E-state index < -0.39 is 11.9 Å². The van der Waals surface area contributed by atoms with Crippen molar-refractivity contribution in [3.05, 3.63) is 35.9 Å². The Bertz CT molecular complexity index is 434. The SMILES string of the molecule is CC(C)(C)NC(=O)CCC(C(=O)O)c1ccccc1. The molecule has 0 fully saturated rings. The highest BCUT2D eigenvalue weighted by Gasteiger charge is 2.21. The molecule has 0 aliphatic rings. The Kier molecular flexibility index (Phi) is 5.10. The maximum absolute atomic E-state index is 11.7. The molecule has 0 bridgehead atoms. The summed E-state index contributed by atoms with van der Waals surface area (Å²) in [5.41, 5.74) is 0.446. The average Bonchev–Trinajstić information content (AvgIpc) is 2.27. The lowest BCUT2D eigenvalue weighted by atomic mass is 9.94. The molecule has 0 aromatic heterocycles. The molecule has 0 saturated heterocycles. The summed E-state index contributed by atoms with van der Waals surface area (Å²) in [6.07, 6.45) is 0.518. The summed E-state index contributed by atoms with van der Waals surface area (Å²) in [7, 11) is 0. The Morgan fingerprint density at radius 3 is 2.26 bits per heavy atom. The maximum atomic E-state index is 11.7. The molecule has 0 aliphatic heterocycles. The van der Waals surface area contributed by atoms with Crippen LogP contribution in [0, 0.1) is 0 Å². The van der Waals surface area contributed by atoms with Crippen LogP contribution in [0.4, 0.5) is 0 Å². The fraction of sp³-hybridized carbons (Fsp3) is 0.467. The summed E-state index contributed by atoms with van der Waals surface area (Å²) in [6.45, 7) is 5.70. The summed E-state index contributed by atoms with van der Waals surface area (Å²) in [5, 5.41) is 12.1. The van der Waals surface area contributed by atoms with Crippen LogP contribution in [0.25, 0.3) is 0 Å². The van der Waals surface area contributed by atoms with E-state index in [1.165, 1.54) is 0 Å². The molecule has 1 unspecified atom stereocenters. The van der Waals surface area contributed by atoms with Crippen molar-refractivity contribution in [3.8, 4) is 0 Å². The van der Waals surface area contributed by atoms with Crippen LogP contribution in [-0.4, -0.2) is 22.5 Å². The van der Waals surface area contributed by atoms with Crippen molar-refractivity contribution in [3.63, 3.8) is 0 Å². The molecule has 4 heteroatoms. The minimum Gasteiger partial charge on any atom is -0.481 e. The van der Waals surface area contributed by atoms with Crippen molar-refractivity contribution in [2.24, 2.45) is 0 Å². The zero-order valence-corrected chi connectivity index (χ0v) is 11.6. The van der Waals surface area contributed by atoms with Gasteiger partial charge in [0.2, 0.25) is 5.91 Å². The van der Waals surface area contributed by atoms with Gasteiger partial charge in [0.25, 0.3) is 0 Å². The third kappa shape index (κ3) is 5.55. The molecule has 0 heterocycles. The molecular formula is C15H21NO3. The third-order valence-corrected chi connectivity index (χ3v) is 2.67. The van der Waals surface area contributed by atoms with Crippen molar-refractivity contribution in [2.45, 2.75) is 45.1 Å². The molecule has 0 radical (unpaired) electrons. The number of carbonyl (C=O) groups excluding carboxylic acids is 1. The first kappa shape index (κ1) is 15.2. The van der Waals surface area contributed by atoms with Gasteiger partial charge in [-0.25, -0.2) is 0 Å². The summed E-state index contributed by atoms with van der Waals surface area (Å²) in [6, 6.07) is 9.01. The van der Waals surface area contributed by atoms with E-state index in [-0.39, 0.29) is 17.9 Å². The quantitative estimate of drug-likeness (QED) is 0.858. The van der Waals surface area contributed by atoms with Crippen LogP contribution < -0.4 is 5.32 Å². The van der Waals surface area contributed by atoms with Gasteiger partial charge in [-0.05, 0) is 32.8 Å². The van der Waals surface area contributed by atoms with Gasteiger partial charge in [-0.15, -0.1) is 0 Å². The van der Waals surface area contributed by atoms with Crippen molar-refractivity contribution >= 4 is 11.9 Å². The Hall–Kier alpha value is -1.84. The van der Waals surface area contributed by atoms with Gasteiger partial charge >= 0.3 is 5.97 Å². The fourth-order valence-electron chi connectivity index (χ4n) is 1.87. The smallest absolute Gasteiger partial charge is 0.310 e. The van der Waals surface area contributed by atoms with Gasteiger partial charge in [-0.2, -0.15) is 0 Å². The van der Waals surface area contributed by atoms with E-state index in [0.717, 1.165) is 5.56 Å². The lowest BCUT2D eigenvalue weighted by Crippen LogP contribution is -2.40. The highest BCUT2D eigenvalue weighted by atomic mass is 16.4. The first-order valence-corrected chi connectivity index (χ1v) is 6.38. The monoisotopic (exact) mass is 263 g/mol. The minimum absolute atomic E-state index is 0.116. The Morgan fingerprint density at radius 2 is 1.79 bits per heavy atom. The number of carboxylic acid groups (broad SMARTS) is 1. The molecular weight excluding hydrogens is 242 g/mol. The van der Waals surface area contributed by atoms with E-state index in [0.29, 0.717) is 6.42 Å². The first-order chi connectivity index (χ1) is 8.79. The number of rotatable bonds is 5. The number of amides is 1. The minimum atomic E-state index is -0.894. The van der Waals surface area contributed by atoms with E-state index in [4.69, 9.17) is 0 Å². The third-order valence-electron chi connectivity index (χ3n) is 2.67. The highest BCUT2D eigenvalue weighted by Crippen LogP contribution is 2.21. The average molecular weight is 263 g/mol. The largest absolute Gasteiger partial charge is 0.481 e. The number of nitrogens with one attached hydrogen (secondary N) is 1. The van der Waals surface area contributed by atoms with Crippen molar-refractivity contribution in [1.29, 1.82) is 0 Å². The lowest BCUT2D eigenvalue weighted by Gasteiger charge is -2.21. The van der Waals surface area contributed by atoms with Gasteiger partial charge in [-0.3, -0.25) is 9.59 Å². The van der Waals surface area contributed by atoms with Gasteiger partial charge < -0.3 is 10.4 Å². The van der Waals surface area contributed by atoms with E-state index in [2.05, 4.69) is 5.32 Å². The van der Waals surface area contributed by atoms with Crippen molar-refractivity contribution < 1.29 is 14.7 Å². The van der Waals surface area contributed by atoms with Crippen LogP contribution in [0.3, 0.4) is 0 Å². The predicted octanol–water partition coefficient (Wildman–Crippen LogP) is 2.55. The van der Waals surface area contributed by atoms with Crippen LogP contribution in [0.1, 0.15) is 45.1 Å². The number of benzene rings is 1. The summed E-state index contributed by atoms with van der Waals surface area (Å²) in [4.78, 5) is 23.0. The van der Waals surface area contributed by atoms with Gasteiger partial charge in [0.05, 0.1) is 5.92 Å². The van der Waals surface area contributed by atoms with E-state index in [1.54, 1.807) is 24.3 Å². The Morgan fingerprint density at radius 1 is 1.21 bits per heavy atom. The summed E-state index contributed by atoms with van der Waals surface area (Å²) < 4.78 is 0. The predicted molar refractivity (Wildman–Crippen MR) is 73.9 cm³/mol. The number of hydrogen-bond donors (Lipinski definition) is 2. The van der Waals surface area contributed by atoms with Crippen molar-refractivity contribution in [1.82, 2.24) is 5.32 Å². The number of aliphatic carboxylic acids is 1. The molecule has 0 aliphatic carbocycles. The lowest BCUT2D eigenvalue weighted by molar-refractivity contribution is -0.139. The number of carbonyl (C=O) groups is 2. The second-order valence-corrected chi connectivity index (χ2v) is 5.64. The van der Waals surface area contributed by atoms with Gasteiger partial charge in [0, 0.05) is 12.0 Å². The molecule has 0 saturated carbocycles. The highest BCUT2D eigenvalue weighted by molar-refractivity contribution is 5.80. The molecule has 0 spiro atoms. The molecule has 19 heavy (non-hydrogen) atoms. The molecule has 1 atom stereocenters. The van der Waals surface area contributed by atoms with Crippen LogP contribution in [0.5, 0.6) is 0 Å². The maximum Gasteiger partial charge on any atom is 0.310 e. The molecule has 104 valence electrons. The van der Waals surface area contributed by atoms with Crippen LogP contribution in [-0.2, 0) is 9.59 Å². The van der Waals surface area contributed by atoms with E-state index in [9.17, 15) is 14.7 Å². The van der Waals surface area contributed by atoms with Gasteiger partial charge in [0.1, 0.15) is 0 Å². The second kappa shape index (κ2) is 6.36. The topological polar surface area (TPSA) is 66.4 Å². The first-order valence-electron chi connectivity index (χ1n) is 6.38. The van der Waals surface area contributed by atoms with Crippen LogP contribution in [0.2, 0.25) is 0 Å². The molecule has 1 aromatic carbocycles. The zero-order valence-electron chi connectivity index (χ0n) is 11.6. The van der Waals surface area contributed by atoms with Crippen molar-refractivity contribution in [2.75, 3.05) is 0 Å². The summed E-state index contributed by atoms with van der Waals surface area (Å²) >= 11 is 0. The zero-order chi connectivity index (χ0) is 14.5.